The van der Waals surface area contributed by atoms with Crippen LogP contribution in [-0.4, -0.2) is 42.8 Å². The molecule has 2 unspecified atom stereocenters. The predicted octanol–water partition coefficient (Wildman–Crippen LogP) is 2.24. The number of rotatable bonds is 1. The Labute approximate surface area is 110 Å². The molecule has 2 aliphatic rings. The standard InChI is InChI=1S/C14H26N2O2/c1-5-11-8-15-9-14(11)6-7-16(10-14)12(17)18-13(2,3)4/h11,15H,5-10H2,1-4H3. The zero-order chi connectivity index (χ0) is 13.4. The summed E-state index contributed by atoms with van der Waals surface area (Å²) in [6.45, 7) is 11.8. The summed E-state index contributed by atoms with van der Waals surface area (Å²) < 4.78 is 5.46. The molecule has 0 aromatic carbocycles. The third-order valence-electron chi connectivity index (χ3n) is 4.26. The quantitative estimate of drug-likeness (QED) is 0.780. The molecule has 0 bridgehead atoms. The Hall–Kier alpha value is -0.770. The van der Waals surface area contributed by atoms with E-state index in [0.29, 0.717) is 11.3 Å². The van der Waals surface area contributed by atoms with E-state index < -0.39 is 5.60 Å². The topological polar surface area (TPSA) is 41.6 Å². The van der Waals surface area contributed by atoms with E-state index in [2.05, 4.69) is 12.2 Å². The molecule has 0 saturated carbocycles. The number of amides is 1. The fraction of sp³-hybridized carbons (Fsp3) is 0.929. The van der Waals surface area contributed by atoms with E-state index in [9.17, 15) is 4.79 Å². The van der Waals surface area contributed by atoms with Gasteiger partial charge in [-0.3, -0.25) is 0 Å². The molecule has 104 valence electrons. The Kier molecular flexibility index (Phi) is 3.58. The molecule has 0 aromatic heterocycles. The Bertz CT molecular complexity index is 324. The van der Waals surface area contributed by atoms with Crippen LogP contribution in [0.1, 0.15) is 40.5 Å². The summed E-state index contributed by atoms with van der Waals surface area (Å²) >= 11 is 0. The van der Waals surface area contributed by atoms with E-state index in [4.69, 9.17) is 4.74 Å². The first-order valence-electron chi connectivity index (χ1n) is 7.05. The van der Waals surface area contributed by atoms with Gasteiger partial charge in [0.25, 0.3) is 0 Å². The maximum absolute atomic E-state index is 12.1. The lowest BCUT2D eigenvalue weighted by Crippen LogP contribution is -2.39. The van der Waals surface area contributed by atoms with Crippen LogP contribution in [0.2, 0.25) is 0 Å². The number of hydrogen-bond donors (Lipinski definition) is 1. The summed E-state index contributed by atoms with van der Waals surface area (Å²) in [6, 6.07) is 0. The number of carbonyl (C=O) groups excluding carboxylic acids is 1. The minimum atomic E-state index is -0.398. The van der Waals surface area contributed by atoms with Crippen molar-refractivity contribution < 1.29 is 9.53 Å². The lowest BCUT2D eigenvalue weighted by atomic mass is 9.76. The molecular weight excluding hydrogens is 228 g/mol. The van der Waals surface area contributed by atoms with Crippen molar-refractivity contribution in [3.8, 4) is 0 Å². The maximum atomic E-state index is 12.1. The lowest BCUT2D eigenvalue weighted by Gasteiger charge is -2.30. The van der Waals surface area contributed by atoms with Crippen LogP contribution in [0.15, 0.2) is 0 Å². The summed E-state index contributed by atoms with van der Waals surface area (Å²) in [5.41, 5.74) is -0.101. The molecule has 0 aromatic rings. The molecule has 2 aliphatic heterocycles. The molecule has 2 fully saturated rings. The van der Waals surface area contributed by atoms with Gasteiger partial charge < -0.3 is 15.0 Å². The molecule has 2 atom stereocenters. The van der Waals surface area contributed by atoms with Crippen molar-refractivity contribution in [3.63, 3.8) is 0 Å². The van der Waals surface area contributed by atoms with Crippen molar-refractivity contribution in [2.75, 3.05) is 26.2 Å². The molecule has 1 amide bonds. The summed E-state index contributed by atoms with van der Waals surface area (Å²) in [7, 11) is 0. The number of hydrogen-bond acceptors (Lipinski definition) is 3. The monoisotopic (exact) mass is 254 g/mol. The van der Waals surface area contributed by atoms with Gasteiger partial charge in [-0.05, 0) is 39.7 Å². The van der Waals surface area contributed by atoms with Crippen LogP contribution < -0.4 is 5.32 Å². The summed E-state index contributed by atoms with van der Waals surface area (Å²) in [5, 5.41) is 3.48. The average Bonchev–Trinajstić information content (AvgIpc) is 2.84. The van der Waals surface area contributed by atoms with Crippen molar-refractivity contribution >= 4 is 6.09 Å². The highest BCUT2D eigenvalue weighted by Crippen LogP contribution is 2.42. The molecule has 2 heterocycles. The predicted molar refractivity (Wildman–Crippen MR) is 71.5 cm³/mol. The molecule has 4 nitrogen and oxygen atoms in total. The normalized spacial score (nSPS) is 32.2. The van der Waals surface area contributed by atoms with E-state index >= 15 is 0 Å². The third kappa shape index (κ3) is 2.63. The molecule has 1 spiro atoms. The van der Waals surface area contributed by atoms with Crippen LogP contribution in [0.25, 0.3) is 0 Å². The van der Waals surface area contributed by atoms with Crippen LogP contribution in [0.4, 0.5) is 4.79 Å². The first-order valence-corrected chi connectivity index (χ1v) is 7.05. The minimum Gasteiger partial charge on any atom is -0.444 e. The second kappa shape index (κ2) is 4.72. The number of nitrogens with one attached hydrogen (secondary N) is 1. The molecule has 4 heteroatoms. The van der Waals surface area contributed by atoms with Crippen LogP contribution in [0.5, 0.6) is 0 Å². The zero-order valence-corrected chi connectivity index (χ0v) is 12.1. The van der Waals surface area contributed by atoms with E-state index in [-0.39, 0.29) is 6.09 Å². The average molecular weight is 254 g/mol. The first-order chi connectivity index (χ1) is 8.36. The smallest absolute Gasteiger partial charge is 0.410 e. The van der Waals surface area contributed by atoms with Crippen LogP contribution in [0.3, 0.4) is 0 Å². The Morgan fingerprint density at radius 3 is 2.83 bits per heavy atom. The van der Waals surface area contributed by atoms with E-state index in [1.807, 2.05) is 25.7 Å². The SMILES string of the molecule is CCC1CNCC12CCN(C(=O)OC(C)(C)C)C2. The fourth-order valence-electron chi connectivity index (χ4n) is 3.29. The summed E-state index contributed by atoms with van der Waals surface area (Å²) in [5.74, 6) is 0.699. The highest BCUT2D eigenvalue weighted by Gasteiger charge is 2.48. The number of ether oxygens (including phenoxy) is 1. The van der Waals surface area contributed by atoms with E-state index in [0.717, 1.165) is 32.6 Å². The highest BCUT2D eigenvalue weighted by molar-refractivity contribution is 5.68. The largest absolute Gasteiger partial charge is 0.444 e. The van der Waals surface area contributed by atoms with Gasteiger partial charge >= 0.3 is 6.09 Å². The molecule has 2 rings (SSSR count). The number of carbonyl (C=O) groups is 1. The second-order valence-corrected chi connectivity index (χ2v) is 6.75. The van der Waals surface area contributed by atoms with Crippen molar-refractivity contribution in [2.45, 2.75) is 46.1 Å². The van der Waals surface area contributed by atoms with Crippen LogP contribution in [-0.2, 0) is 4.74 Å². The Morgan fingerprint density at radius 1 is 1.50 bits per heavy atom. The van der Waals surface area contributed by atoms with Gasteiger partial charge in [-0.15, -0.1) is 0 Å². The lowest BCUT2D eigenvalue weighted by molar-refractivity contribution is 0.0266. The Morgan fingerprint density at radius 2 is 2.22 bits per heavy atom. The molecule has 18 heavy (non-hydrogen) atoms. The van der Waals surface area contributed by atoms with Gasteiger partial charge in [-0.25, -0.2) is 4.79 Å². The Balaban J connectivity index is 1.98. The fourth-order valence-corrected chi connectivity index (χ4v) is 3.29. The maximum Gasteiger partial charge on any atom is 0.410 e. The molecule has 0 radical (unpaired) electrons. The number of nitrogens with zero attached hydrogens (tertiary/aromatic N) is 1. The first kappa shape index (κ1) is 13.7. The van der Waals surface area contributed by atoms with Crippen molar-refractivity contribution in [1.82, 2.24) is 10.2 Å². The second-order valence-electron chi connectivity index (χ2n) is 6.75. The third-order valence-corrected chi connectivity index (χ3v) is 4.26. The van der Waals surface area contributed by atoms with E-state index in [1.165, 1.54) is 6.42 Å². The van der Waals surface area contributed by atoms with Crippen LogP contribution >= 0.6 is 0 Å². The number of likely N-dealkylation sites (tertiary alicyclic amines) is 1. The molecule has 0 aliphatic carbocycles. The van der Waals surface area contributed by atoms with Gasteiger partial charge in [0.05, 0.1) is 0 Å². The van der Waals surface area contributed by atoms with Crippen molar-refractivity contribution in [1.29, 1.82) is 0 Å². The molecule has 2 saturated heterocycles. The highest BCUT2D eigenvalue weighted by atomic mass is 16.6. The zero-order valence-electron chi connectivity index (χ0n) is 12.1. The van der Waals surface area contributed by atoms with Crippen molar-refractivity contribution in [2.24, 2.45) is 11.3 Å². The van der Waals surface area contributed by atoms with Gasteiger partial charge in [0.2, 0.25) is 0 Å². The minimum absolute atomic E-state index is 0.152. The van der Waals surface area contributed by atoms with Crippen molar-refractivity contribution in [3.05, 3.63) is 0 Å². The summed E-state index contributed by atoms with van der Waals surface area (Å²) in [6.07, 6.45) is 2.15. The molecular formula is C14H26N2O2. The summed E-state index contributed by atoms with van der Waals surface area (Å²) in [4.78, 5) is 14.0. The van der Waals surface area contributed by atoms with Gasteiger partial charge in [-0.2, -0.15) is 0 Å². The van der Waals surface area contributed by atoms with Crippen LogP contribution in [0, 0.1) is 11.3 Å². The van der Waals surface area contributed by atoms with Gasteiger partial charge in [0, 0.05) is 25.0 Å². The molecule has 1 N–H and O–H groups in total. The van der Waals surface area contributed by atoms with Gasteiger partial charge in [0.1, 0.15) is 5.60 Å². The van der Waals surface area contributed by atoms with Gasteiger partial charge in [0.15, 0.2) is 0 Å². The van der Waals surface area contributed by atoms with E-state index in [1.54, 1.807) is 0 Å². The van der Waals surface area contributed by atoms with Gasteiger partial charge in [-0.1, -0.05) is 13.3 Å².